The van der Waals surface area contributed by atoms with Crippen LogP contribution < -0.4 is 10.6 Å². The zero-order valence-corrected chi connectivity index (χ0v) is 20.4. The first-order valence-corrected chi connectivity index (χ1v) is 12.6. The Morgan fingerprint density at radius 3 is 2.14 bits per heavy atom. The molecule has 35 heavy (non-hydrogen) atoms. The highest BCUT2D eigenvalue weighted by Crippen LogP contribution is 2.44. The Balaban J connectivity index is 1.43. The Morgan fingerprint density at radius 2 is 1.51 bits per heavy atom. The molecule has 7 nitrogen and oxygen atoms in total. The maximum atomic E-state index is 12.6. The lowest BCUT2D eigenvalue weighted by Gasteiger charge is -2.19. The number of hydrogen-bond donors (Lipinski definition) is 3. The van der Waals surface area contributed by atoms with Crippen molar-refractivity contribution in [2.45, 2.75) is 70.3 Å². The second-order valence-corrected chi connectivity index (χ2v) is 9.01. The number of carbonyl (C=O) groups excluding carboxylic acids is 2. The van der Waals surface area contributed by atoms with Crippen LogP contribution in [0.25, 0.3) is 11.1 Å². The monoisotopic (exact) mass is 480 g/mol. The lowest BCUT2D eigenvalue weighted by atomic mass is 9.98. The molecular formula is C28H36N2O5. The molecule has 2 amide bonds. The zero-order valence-electron chi connectivity index (χ0n) is 20.4. The molecule has 0 saturated carbocycles. The topological polar surface area (TPSA) is 105 Å². The highest BCUT2D eigenvalue weighted by atomic mass is 16.5. The number of amides is 2. The highest BCUT2D eigenvalue weighted by Gasteiger charge is 2.29. The van der Waals surface area contributed by atoms with E-state index >= 15 is 0 Å². The van der Waals surface area contributed by atoms with Gasteiger partial charge in [-0.05, 0) is 41.5 Å². The summed E-state index contributed by atoms with van der Waals surface area (Å²) in [4.78, 5) is 35.7. The second-order valence-electron chi connectivity index (χ2n) is 9.01. The summed E-state index contributed by atoms with van der Waals surface area (Å²) < 4.78 is 5.59. The van der Waals surface area contributed by atoms with Gasteiger partial charge in [-0.15, -0.1) is 0 Å². The lowest BCUT2D eigenvalue weighted by Crippen LogP contribution is -2.47. The third-order valence-electron chi connectivity index (χ3n) is 6.40. The summed E-state index contributed by atoms with van der Waals surface area (Å²) >= 11 is 0. The third-order valence-corrected chi connectivity index (χ3v) is 6.40. The van der Waals surface area contributed by atoms with Gasteiger partial charge in [-0.25, -0.2) is 4.79 Å². The van der Waals surface area contributed by atoms with Crippen molar-refractivity contribution in [1.29, 1.82) is 0 Å². The van der Waals surface area contributed by atoms with E-state index in [1.165, 1.54) is 11.1 Å². The third kappa shape index (κ3) is 7.57. The number of carboxylic acids is 1. The van der Waals surface area contributed by atoms with Crippen molar-refractivity contribution in [3.8, 4) is 11.1 Å². The number of unbranched alkanes of at least 4 members (excludes halogenated alkanes) is 4. The lowest BCUT2D eigenvalue weighted by molar-refractivity contribution is -0.137. The van der Waals surface area contributed by atoms with Crippen molar-refractivity contribution in [2.75, 3.05) is 13.2 Å². The average molecular weight is 481 g/mol. The molecule has 0 heterocycles. The highest BCUT2D eigenvalue weighted by molar-refractivity contribution is 5.85. The number of carbonyl (C=O) groups is 3. The molecule has 7 heteroatoms. The van der Waals surface area contributed by atoms with Gasteiger partial charge in [-0.1, -0.05) is 81.1 Å². The van der Waals surface area contributed by atoms with Crippen LogP contribution in [0.5, 0.6) is 0 Å². The average Bonchev–Trinajstić information content (AvgIpc) is 3.17. The van der Waals surface area contributed by atoms with E-state index < -0.39 is 18.1 Å². The van der Waals surface area contributed by atoms with Crippen LogP contribution >= 0.6 is 0 Å². The van der Waals surface area contributed by atoms with Crippen molar-refractivity contribution in [1.82, 2.24) is 10.6 Å². The molecular weight excluding hydrogens is 444 g/mol. The Labute approximate surface area is 207 Å². The number of alkyl carbamates (subject to hydrolysis) is 1. The molecule has 188 valence electrons. The summed E-state index contributed by atoms with van der Waals surface area (Å²) in [5.41, 5.74) is 4.63. The summed E-state index contributed by atoms with van der Waals surface area (Å²) in [6.45, 7) is 2.71. The molecule has 0 aromatic heterocycles. The van der Waals surface area contributed by atoms with Crippen molar-refractivity contribution in [3.63, 3.8) is 0 Å². The van der Waals surface area contributed by atoms with E-state index in [9.17, 15) is 14.4 Å². The van der Waals surface area contributed by atoms with Gasteiger partial charge in [0.15, 0.2) is 0 Å². The van der Waals surface area contributed by atoms with Gasteiger partial charge in [0.05, 0.1) is 0 Å². The van der Waals surface area contributed by atoms with E-state index in [0.29, 0.717) is 19.4 Å². The first-order chi connectivity index (χ1) is 17.0. The second kappa shape index (κ2) is 13.5. The van der Waals surface area contributed by atoms with E-state index in [2.05, 4.69) is 34.9 Å². The quantitative estimate of drug-likeness (QED) is 0.321. The van der Waals surface area contributed by atoms with E-state index in [4.69, 9.17) is 9.84 Å². The first kappa shape index (κ1) is 26.3. The van der Waals surface area contributed by atoms with Crippen LogP contribution in [0.15, 0.2) is 48.5 Å². The SMILES string of the molecule is CCC[C@@H](NC(=O)OCC1c2ccccc2-c2ccccc21)C(=O)NCCCCCCCC(=O)O. The maximum Gasteiger partial charge on any atom is 0.407 e. The van der Waals surface area contributed by atoms with Gasteiger partial charge in [-0.3, -0.25) is 9.59 Å². The summed E-state index contributed by atoms with van der Waals surface area (Å²) in [7, 11) is 0. The van der Waals surface area contributed by atoms with Crippen molar-refractivity contribution in [3.05, 3.63) is 59.7 Å². The van der Waals surface area contributed by atoms with Crippen LogP contribution in [0.2, 0.25) is 0 Å². The number of ether oxygens (including phenoxy) is 1. The van der Waals surface area contributed by atoms with E-state index in [1.54, 1.807) is 0 Å². The fourth-order valence-electron chi connectivity index (χ4n) is 4.61. The normalized spacial score (nSPS) is 12.9. The number of fused-ring (bicyclic) bond motifs is 3. The molecule has 0 unspecified atom stereocenters. The number of rotatable bonds is 14. The molecule has 3 N–H and O–H groups in total. The molecule has 0 spiro atoms. The summed E-state index contributed by atoms with van der Waals surface area (Å²) in [6.07, 6.45) is 5.17. The van der Waals surface area contributed by atoms with Crippen LogP contribution in [-0.4, -0.2) is 42.3 Å². The van der Waals surface area contributed by atoms with Gasteiger partial charge in [-0.2, -0.15) is 0 Å². The molecule has 2 aromatic rings. The molecule has 0 bridgehead atoms. The minimum atomic E-state index is -0.761. The van der Waals surface area contributed by atoms with Gasteiger partial charge >= 0.3 is 12.1 Å². The van der Waals surface area contributed by atoms with Crippen LogP contribution in [0.4, 0.5) is 4.79 Å². The Bertz CT molecular complexity index is 961. The van der Waals surface area contributed by atoms with Crippen molar-refractivity contribution < 1.29 is 24.2 Å². The molecule has 0 radical (unpaired) electrons. The van der Waals surface area contributed by atoms with Crippen molar-refractivity contribution >= 4 is 18.0 Å². The predicted molar refractivity (Wildman–Crippen MR) is 135 cm³/mol. The molecule has 0 fully saturated rings. The summed E-state index contributed by atoms with van der Waals surface area (Å²) in [6, 6.07) is 15.7. The largest absolute Gasteiger partial charge is 0.481 e. The number of hydrogen-bond acceptors (Lipinski definition) is 4. The molecule has 1 aliphatic carbocycles. The van der Waals surface area contributed by atoms with Crippen LogP contribution in [0.3, 0.4) is 0 Å². The fraction of sp³-hybridized carbons (Fsp3) is 0.464. The van der Waals surface area contributed by atoms with E-state index in [0.717, 1.165) is 43.2 Å². The fourth-order valence-corrected chi connectivity index (χ4v) is 4.61. The van der Waals surface area contributed by atoms with E-state index in [1.807, 2.05) is 31.2 Å². The zero-order chi connectivity index (χ0) is 25.0. The van der Waals surface area contributed by atoms with Crippen LogP contribution in [0.1, 0.15) is 75.3 Å². The summed E-state index contributed by atoms with van der Waals surface area (Å²) in [5.74, 6) is -0.989. The van der Waals surface area contributed by atoms with Gasteiger partial charge in [0, 0.05) is 18.9 Å². The number of benzene rings is 2. The standard InChI is InChI=1S/C28H36N2O5/c1-2-12-25(27(33)29-18-11-5-3-4-6-17-26(31)32)30-28(34)35-19-24-22-15-9-7-13-20(22)21-14-8-10-16-23(21)24/h7-10,13-16,24-25H,2-6,11-12,17-19H2,1H3,(H,29,33)(H,30,34)(H,31,32)/t25-/m1/s1. The predicted octanol–water partition coefficient (Wildman–Crippen LogP) is 5.24. The van der Waals surface area contributed by atoms with E-state index in [-0.39, 0.29) is 24.9 Å². The van der Waals surface area contributed by atoms with Gasteiger partial charge < -0.3 is 20.5 Å². The Hall–Kier alpha value is -3.35. The Morgan fingerprint density at radius 1 is 0.914 bits per heavy atom. The Kier molecular flexibility index (Phi) is 10.1. The molecule has 0 saturated heterocycles. The van der Waals surface area contributed by atoms with Crippen LogP contribution in [-0.2, 0) is 14.3 Å². The minimum absolute atomic E-state index is 0.0258. The number of nitrogens with one attached hydrogen (secondary N) is 2. The van der Waals surface area contributed by atoms with Crippen LogP contribution in [0, 0.1) is 0 Å². The minimum Gasteiger partial charge on any atom is -0.481 e. The molecule has 0 aliphatic heterocycles. The van der Waals surface area contributed by atoms with Gasteiger partial charge in [0.1, 0.15) is 12.6 Å². The molecule has 1 aliphatic rings. The molecule has 1 atom stereocenters. The molecule has 3 rings (SSSR count). The molecule has 2 aromatic carbocycles. The number of aliphatic carboxylic acids is 1. The number of carboxylic acid groups (broad SMARTS) is 1. The summed E-state index contributed by atoms with van der Waals surface area (Å²) in [5, 5.41) is 14.3. The van der Waals surface area contributed by atoms with Gasteiger partial charge in [0.2, 0.25) is 5.91 Å². The van der Waals surface area contributed by atoms with Crippen molar-refractivity contribution in [2.24, 2.45) is 0 Å². The van der Waals surface area contributed by atoms with Gasteiger partial charge in [0.25, 0.3) is 0 Å². The first-order valence-electron chi connectivity index (χ1n) is 12.6. The maximum absolute atomic E-state index is 12.6. The smallest absolute Gasteiger partial charge is 0.407 e.